The molecule has 1 saturated heterocycles. The van der Waals surface area contributed by atoms with E-state index >= 15 is 0 Å². The van der Waals surface area contributed by atoms with Crippen molar-refractivity contribution in [2.75, 3.05) is 25.2 Å². The highest BCUT2D eigenvalue weighted by molar-refractivity contribution is 7.99. The smallest absolute Gasteiger partial charge is 0.119 e. The predicted molar refractivity (Wildman–Crippen MR) is 76.5 cm³/mol. The van der Waals surface area contributed by atoms with Gasteiger partial charge >= 0.3 is 0 Å². The number of benzene rings is 1. The molecule has 2 rings (SSSR count). The van der Waals surface area contributed by atoms with Crippen LogP contribution < -0.4 is 15.2 Å². The minimum atomic E-state index is 0.146. The highest BCUT2D eigenvalue weighted by Gasteiger charge is 2.21. The molecule has 2 N–H and O–H groups in total. The van der Waals surface area contributed by atoms with Crippen LogP contribution in [0.2, 0.25) is 0 Å². The molecule has 1 atom stereocenters. The highest BCUT2D eigenvalue weighted by Crippen LogP contribution is 2.25. The average molecular weight is 267 g/mol. The van der Waals surface area contributed by atoms with Crippen molar-refractivity contribution in [3.63, 3.8) is 0 Å². The monoisotopic (exact) mass is 267 g/mol. The van der Waals surface area contributed by atoms with E-state index in [2.05, 4.69) is 0 Å². The molecule has 1 heterocycles. The summed E-state index contributed by atoms with van der Waals surface area (Å²) >= 11 is 2.02. The number of hydrogen-bond acceptors (Lipinski definition) is 4. The van der Waals surface area contributed by atoms with Gasteiger partial charge in [-0.25, -0.2) is 0 Å². The van der Waals surface area contributed by atoms with E-state index in [0.29, 0.717) is 12.5 Å². The van der Waals surface area contributed by atoms with Gasteiger partial charge in [-0.15, -0.1) is 0 Å². The Bertz CT molecular complexity index is 349. The Morgan fingerprint density at radius 3 is 2.44 bits per heavy atom. The first-order chi connectivity index (χ1) is 8.79. The zero-order chi connectivity index (χ0) is 12.8. The lowest BCUT2D eigenvalue weighted by Gasteiger charge is -2.27. The molecule has 0 bridgehead atoms. The second kappa shape index (κ2) is 6.90. The Hall–Kier alpha value is -0.870. The third-order valence-corrected chi connectivity index (χ3v) is 4.42. The fourth-order valence-corrected chi connectivity index (χ4v) is 3.29. The quantitative estimate of drug-likeness (QED) is 0.890. The van der Waals surface area contributed by atoms with Crippen LogP contribution in [-0.2, 0) is 0 Å². The molecular formula is C14H21NO2S. The molecule has 0 spiro atoms. The zero-order valence-electron chi connectivity index (χ0n) is 10.8. The number of thioether (sulfide) groups is 1. The fraction of sp³-hybridized carbons (Fsp3) is 0.571. The topological polar surface area (TPSA) is 44.5 Å². The third-order valence-electron chi connectivity index (χ3n) is 3.37. The van der Waals surface area contributed by atoms with Crippen molar-refractivity contribution in [3.05, 3.63) is 24.3 Å². The van der Waals surface area contributed by atoms with Crippen molar-refractivity contribution in [1.82, 2.24) is 0 Å². The highest BCUT2D eigenvalue weighted by atomic mass is 32.2. The summed E-state index contributed by atoms with van der Waals surface area (Å²) in [6.07, 6.45) is 2.44. The van der Waals surface area contributed by atoms with Gasteiger partial charge in [-0.3, -0.25) is 0 Å². The molecule has 1 aliphatic heterocycles. The third kappa shape index (κ3) is 3.82. The van der Waals surface area contributed by atoms with E-state index in [0.717, 1.165) is 11.5 Å². The summed E-state index contributed by atoms with van der Waals surface area (Å²) in [5, 5.41) is 0. The van der Waals surface area contributed by atoms with Crippen molar-refractivity contribution in [3.8, 4) is 11.5 Å². The first-order valence-corrected chi connectivity index (χ1v) is 7.55. The molecule has 100 valence electrons. The second-order valence-corrected chi connectivity index (χ2v) is 5.82. The van der Waals surface area contributed by atoms with Crippen LogP contribution in [0.4, 0.5) is 0 Å². The minimum absolute atomic E-state index is 0.146. The number of methoxy groups -OCH3 is 1. The van der Waals surface area contributed by atoms with Gasteiger partial charge in [0.1, 0.15) is 18.1 Å². The Labute approximate surface area is 113 Å². The first kappa shape index (κ1) is 13.6. The molecule has 1 aromatic carbocycles. The van der Waals surface area contributed by atoms with Crippen LogP contribution in [0.15, 0.2) is 24.3 Å². The molecule has 4 heteroatoms. The molecule has 0 aliphatic carbocycles. The number of hydrogen-bond donors (Lipinski definition) is 1. The fourth-order valence-electron chi connectivity index (χ4n) is 2.14. The van der Waals surface area contributed by atoms with Gasteiger partial charge in [0.25, 0.3) is 0 Å². The van der Waals surface area contributed by atoms with Gasteiger partial charge in [0.2, 0.25) is 0 Å². The van der Waals surface area contributed by atoms with Gasteiger partial charge in [0, 0.05) is 6.04 Å². The van der Waals surface area contributed by atoms with Crippen LogP contribution in [0, 0.1) is 5.92 Å². The lowest BCUT2D eigenvalue weighted by molar-refractivity contribution is 0.238. The summed E-state index contributed by atoms with van der Waals surface area (Å²) in [5.41, 5.74) is 6.19. The van der Waals surface area contributed by atoms with Crippen molar-refractivity contribution in [2.45, 2.75) is 18.9 Å². The van der Waals surface area contributed by atoms with E-state index in [-0.39, 0.29) is 6.04 Å². The first-order valence-electron chi connectivity index (χ1n) is 6.40. The van der Waals surface area contributed by atoms with Gasteiger partial charge in [-0.1, -0.05) is 0 Å². The van der Waals surface area contributed by atoms with Crippen molar-refractivity contribution < 1.29 is 9.47 Å². The molecule has 1 aliphatic rings. The van der Waals surface area contributed by atoms with Crippen molar-refractivity contribution in [2.24, 2.45) is 11.7 Å². The summed E-state index contributed by atoms with van der Waals surface area (Å²) < 4.78 is 10.8. The Kier molecular flexibility index (Phi) is 5.20. The minimum Gasteiger partial charge on any atom is -0.497 e. The Morgan fingerprint density at radius 1 is 1.22 bits per heavy atom. The lowest BCUT2D eigenvalue weighted by Crippen LogP contribution is -2.37. The molecule has 0 aromatic heterocycles. The van der Waals surface area contributed by atoms with Gasteiger partial charge in [-0.05, 0) is 54.5 Å². The number of ether oxygens (including phenoxy) is 2. The summed E-state index contributed by atoms with van der Waals surface area (Å²) in [7, 11) is 1.66. The van der Waals surface area contributed by atoms with E-state index in [4.69, 9.17) is 15.2 Å². The summed E-state index contributed by atoms with van der Waals surface area (Å²) in [4.78, 5) is 0. The lowest BCUT2D eigenvalue weighted by atomic mass is 9.95. The summed E-state index contributed by atoms with van der Waals surface area (Å²) in [6, 6.07) is 7.79. The average Bonchev–Trinajstić information content (AvgIpc) is 2.46. The van der Waals surface area contributed by atoms with Crippen LogP contribution in [0.25, 0.3) is 0 Å². The van der Waals surface area contributed by atoms with E-state index in [1.54, 1.807) is 7.11 Å². The largest absolute Gasteiger partial charge is 0.497 e. The molecule has 1 unspecified atom stereocenters. The zero-order valence-corrected chi connectivity index (χ0v) is 11.6. The summed E-state index contributed by atoms with van der Waals surface area (Å²) in [6.45, 7) is 0.599. The molecule has 0 amide bonds. The van der Waals surface area contributed by atoms with Gasteiger partial charge < -0.3 is 15.2 Å². The van der Waals surface area contributed by atoms with Gasteiger partial charge in [-0.2, -0.15) is 11.8 Å². The van der Waals surface area contributed by atoms with Gasteiger partial charge in [0.05, 0.1) is 7.11 Å². The van der Waals surface area contributed by atoms with Crippen LogP contribution >= 0.6 is 11.8 Å². The van der Waals surface area contributed by atoms with Crippen molar-refractivity contribution in [1.29, 1.82) is 0 Å². The normalized spacial score (nSPS) is 18.3. The maximum Gasteiger partial charge on any atom is 0.119 e. The molecule has 1 aromatic rings. The van der Waals surface area contributed by atoms with Crippen molar-refractivity contribution >= 4 is 11.8 Å². The van der Waals surface area contributed by atoms with E-state index in [1.165, 1.54) is 24.3 Å². The Morgan fingerprint density at radius 2 is 1.83 bits per heavy atom. The number of nitrogens with two attached hydrogens (primary N) is 1. The Balaban J connectivity index is 1.78. The SMILES string of the molecule is COc1ccc(OCC(N)C2CCSCC2)cc1. The predicted octanol–water partition coefficient (Wildman–Crippen LogP) is 2.54. The van der Waals surface area contributed by atoms with Gasteiger partial charge in [0.15, 0.2) is 0 Å². The van der Waals surface area contributed by atoms with Crippen LogP contribution in [0.3, 0.4) is 0 Å². The van der Waals surface area contributed by atoms with Crippen LogP contribution in [0.5, 0.6) is 11.5 Å². The van der Waals surface area contributed by atoms with E-state index in [1.807, 2.05) is 36.0 Å². The second-order valence-electron chi connectivity index (χ2n) is 4.60. The maximum atomic E-state index is 6.19. The molecule has 18 heavy (non-hydrogen) atoms. The molecule has 0 radical (unpaired) electrons. The van der Waals surface area contributed by atoms with Crippen LogP contribution in [0.1, 0.15) is 12.8 Å². The van der Waals surface area contributed by atoms with E-state index in [9.17, 15) is 0 Å². The van der Waals surface area contributed by atoms with E-state index < -0.39 is 0 Å². The molecule has 1 fully saturated rings. The summed E-state index contributed by atoms with van der Waals surface area (Å²) in [5.74, 6) is 4.79. The molecule has 3 nitrogen and oxygen atoms in total. The maximum absolute atomic E-state index is 6.19. The number of rotatable bonds is 5. The molecular weight excluding hydrogens is 246 g/mol. The van der Waals surface area contributed by atoms with Crippen LogP contribution in [-0.4, -0.2) is 31.3 Å². The standard InChI is InChI=1S/C14H21NO2S/c1-16-12-2-4-13(5-3-12)17-10-14(15)11-6-8-18-9-7-11/h2-5,11,14H,6-10,15H2,1H3. The molecule has 0 saturated carbocycles.